The Balaban J connectivity index is 1.15. The van der Waals surface area contributed by atoms with Crippen molar-refractivity contribution in [3.05, 3.63) is 59.4 Å². The summed E-state index contributed by atoms with van der Waals surface area (Å²) >= 11 is 0. The molecule has 5 aliphatic heterocycles. The van der Waals surface area contributed by atoms with E-state index < -0.39 is 64.9 Å². The number of esters is 1. The van der Waals surface area contributed by atoms with E-state index in [9.17, 15) is 24.0 Å². The number of fused-ring (bicyclic) bond motifs is 8. The molecular weight excluding hydrogens is 982 g/mol. The van der Waals surface area contributed by atoms with E-state index in [4.69, 9.17) is 19.3 Å². The van der Waals surface area contributed by atoms with Crippen LogP contribution in [0.5, 0.6) is 5.75 Å². The number of aryl methyl sites for hydroxylation is 1. The Labute approximate surface area is 452 Å². The highest BCUT2D eigenvalue weighted by molar-refractivity contribution is 5.96. The molecule has 2 aromatic carbocycles. The van der Waals surface area contributed by atoms with E-state index in [-0.39, 0.29) is 63.1 Å². The average molecular weight is 1060 g/mol. The van der Waals surface area contributed by atoms with Gasteiger partial charge in [0.2, 0.25) is 11.8 Å². The highest BCUT2D eigenvalue weighted by Crippen LogP contribution is 2.44. The molecule has 416 valence electrons. The number of methoxy groups -OCH3 is 1. The summed E-state index contributed by atoms with van der Waals surface area (Å²) in [4.78, 5) is 77.9. The van der Waals surface area contributed by atoms with E-state index in [1.807, 2.05) is 39.0 Å². The molecule has 0 spiro atoms. The van der Waals surface area contributed by atoms with Crippen LogP contribution < -0.4 is 15.5 Å². The number of aromatic nitrogens is 3. The van der Waals surface area contributed by atoms with Crippen molar-refractivity contribution in [2.24, 2.45) is 17.3 Å². The molecule has 4 aromatic rings. The molecule has 4 amide bonds. The maximum Gasteiger partial charge on any atom is 0.324 e. The van der Waals surface area contributed by atoms with Crippen molar-refractivity contribution in [1.82, 2.24) is 44.8 Å². The topological polar surface area (TPSA) is 173 Å². The number of hydrogen-bond donors (Lipinski definition) is 2. The van der Waals surface area contributed by atoms with Crippen LogP contribution in [0.4, 0.5) is 4.39 Å². The van der Waals surface area contributed by atoms with Crippen LogP contribution in [-0.2, 0) is 52.8 Å². The molecule has 2 aromatic heterocycles. The number of halogens is 1. The molecule has 3 saturated heterocycles. The third kappa shape index (κ3) is 10.9. The van der Waals surface area contributed by atoms with Gasteiger partial charge in [0.25, 0.3) is 11.8 Å². The number of nitrogens with zero attached hydrogens (tertiary/aromatic N) is 7. The second kappa shape index (κ2) is 21.4. The van der Waals surface area contributed by atoms with E-state index in [1.54, 1.807) is 14.2 Å². The average Bonchev–Trinajstić information content (AvgIpc) is 3.92. The number of nitrogens with one attached hydrogen (secondary N) is 2. The summed E-state index contributed by atoms with van der Waals surface area (Å²) in [6.45, 7) is 17.7. The predicted octanol–water partition coefficient (Wildman–Crippen LogP) is 7.19. The lowest BCUT2D eigenvalue weighted by Crippen LogP contribution is -2.62. The second-order valence-corrected chi connectivity index (χ2v) is 24.4. The molecule has 4 fully saturated rings. The van der Waals surface area contributed by atoms with Crippen molar-refractivity contribution < 1.29 is 42.6 Å². The molecule has 8 bridgehead atoms. The van der Waals surface area contributed by atoms with Gasteiger partial charge in [0.15, 0.2) is 5.67 Å². The van der Waals surface area contributed by atoms with E-state index in [1.165, 1.54) is 41.5 Å². The fraction of sp³-hybridized carbons (Fsp3) is 0.627. The van der Waals surface area contributed by atoms with Crippen LogP contribution in [0.15, 0.2) is 42.6 Å². The first-order valence-electron chi connectivity index (χ1n) is 28.2. The molecule has 0 radical (unpaired) electrons. The monoisotopic (exact) mass is 1060 g/mol. The van der Waals surface area contributed by atoms with Crippen LogP contribution in [0.25, 0.3) is 33.3 Å². The molecule has 10 rings (SSSR count). The van der Waals surface area contributed by atoms with Gasteiger partial charge in [0.1, 0.15) is 36.2 Å². The van der Waals surface area contributed by atoms with Crippen LogP contribution in [0.2, 0.25) is 0 Å². The van der Waals surface area contributed by atoms with Gasteiger partial charge in [-0.05, 0) is 131 Å². The zero-order valence-electron chi connectivity index (χ0n) is 46.8. The first-order valence-corrected chi connectivity index (χ1v) is 28.2. The fourth-order valence-electron chi connectivity index (χ4n) is 12.9. The van der Waals surface area contributed by atoms with Gasteiger partial charge in [-0.1, -0.05) is 39.8 Å². The number of carbonyl (C=O) groups excluding carboxylic acids is 5. The maximum atomic E-state index is 15.6. The summed E-state index contributed by atoms with van der Waals surface area (Å²) in [7, 11) is 3.29. The Morgan fingerprint density at radius 3 is 2.35 bits per heavy atom. The summed E-state index contributed by atoms with van der Waals surface area (Å²) in [6, 6.07) is 9.38. The largest absolute Gasteiger partial charge is 0.491 e. The van der Waals surface area contributed by atoms with Gasteiger partial charge in [-0.2, -0.15) is 5.10 Å². The van der Waals surface area contributed by atoms with Gasteiger partial charge in [-0.25, -0.2) is 9.82 Å². The zero-order chi connectivity index (χ0) is 54.8. The standard InChI is InChI=1S/C59H80FN9O8/c1-11-66-48-17-14-37-29-43(48)44(52(66)45-31-69(63-50(45)35(4)75-10)40-18-22-65(23-19-40)39-15-16-39)30-58(5,6)33-77-56(73)46-13-12-21-68(62-46)55(72)47-27-36-25-38(37)28-41(26-36)76-32-49-42(20-24-67(49)57(74)59(7,8)60)54(71)64(9)51(34(2)3)53(70)61-47/h14,17,25-26,28-29,31,34-35,39-40,42,46-47,49,51,62H,11-13,15-16,18-24,27,30,32-33H2,1-10H3,(H,61,70)/t35-,42-,46-,47-,49+,51-/m0/s1. The summed E-state index contributed by atoms with van der Waals surface area (Å²) in [5.41, 5.74) is 7.73. The molecule has 17 nitrogen and oxygen atoms in total. The highest BCUT2D eigenvalue weighted by atomic mass is 19.1. The number of likely N-dealkylation sites (N-methyl/N-ethyl adjacent to an activating group) is 1. The normalized spacial score (nSPS) is 25.7. The number of likely N-dealkylation sites (tertiary alicyclic amines) is 2. The van der Waals surface area contributed by atoms with Gasteiger partial charge in [-0.15, -0.1) is 0 Å². The molecule has 1 saturated carbocycles. The number of hydrazine groups is 1. The number of hydrogen-bond acceptors (Lipinski definition) is 11. The summed E-state index contributed by atoms with van der Waals surface area (Å²) < 4.78 is 39.2. The minimum atomic E-state index is -2.21. The molecule has 1 aliphatic carbocycles. The summed E-state index contributed by atoms with van der Waals surface area (Å²) in [5, 5.41) is 10.9. The van der Waals surface area contributed by atoms with E-state index in [2.05, 4.69) is 70.1 Å². The lowest BCUT2D eigenvalue weighted by atomic mass is 9.84. The minimum absolute atomic E-state index is 0.0271. The number of amides is 4. The van der Waals surface area contributed by atoms with E-state index in [0.29, 0.717) is 37.1 Å². The summed E-state index contributed by atoms with van der Waals surface area (Å²) in [6.07, 6.45) is 8.30. The predicted molar refractivity (Wildman–Crippen MR) is 290 cm³/mol. The number of benzene rings is 2. The van der Waals surface area contributed by atoms with Crippen LogP contribution in [-0.4, -0.2) is 153 Å². The molecule has 2 N–H and O–H groups in total. The quantitative estimate of drug-likeness (QED) is 0.171. The van der Waals surface area contributed by atoms with Gasteiger partial charge in [0, 0.05) is 87.4 Å². The maximum absolute atomic E-state index is 15.6. The molecule has 77 heavy (non-hydrogen) atoms. The lowest BCUT2D eigenvalue weighted by molar-refractivity contribution is -0.155. The zero-order valence-corrected chi connectivity index (χ0v) is 46.8. The van der Waals surface area contributed by atoms with Crippen LogP contribution in [0.1, 0.15) is 129 Å². The van der Waals surface area contributed by atoms with Gasteiger partial charge < -0.3 is 38.8 Å². The number of ether oxygens (including phenoxy) is 3. The Hall–Kier alpha value is -5.85. The third-order valence-corrected chi connectivity index (χ3v) is 17.2. The van der Waals surface area contributed by atoms with Crippen LogP contribution in [0, 0.1) is 17.3 Å². The first-order chi connectivity index (χ1) is 36.6. The Kier molecular flexibility index (Phi) is 15.2. The molecule has 0 unspecified atom stereocenters. The third-order valence-electron chi connectivity index (χ3n) is 17.2. The van der Waals surface area contributed by atoms with Crippen molar-refractivity contribution in [2.75, 3.05) is 53.6 Å². The molecule has 7 heterocycles. The Morgan fingerprint density at radius 1 is 0.909 bits per heavy atom. The van der Waals surface area contributed by atoms with Crippen molar-refractivity contribution in [3.63, 3.8) is 0 Å². The molecular formula is C59H80FN9O8. The number of carbonyl (C=O) groups is 5. The fourth-order valence-corrected chi connectivity index (χ4v) is 12.9. The highest BCUT2D eigenvalue weighted by Gasteiger charge is 2.48. The van der Waals surface area contributed by atoms with Gasteiger partial charge >= 0.3 is 5.97 Å². The van der Waals surface area contributed by atoms with Crippen LogP contribution >= 0.6 is 0 Å². The number of alkyl halides is 1. The first kappa shape index (κ1) is 54.5. The second-order valence-electron chi connectivity index (χ2n) is 24.4. The minimum Gasteiger partial charge on any atom is -0.491 e. The van der Waals surface area contributed by atoms with Crippen molar-refractivity contribution in [3.8, 4) is 28.1 Å². The van der Waals surface area contributed by atoms with Crippen molar-refractivity contribution >= 4 is 40.5 Å². The lowest BCUT2D eigenvalue weighted by Gasteiger charge is -2.38. The van der Waals surface area contributed by atoms with Gasteiger partial charge in [0.05, 0.1) is 36.4 Å². The SMILES string of the molecule is CCn1c(-c2cn(C3CCN(C4CC4)CC3)nc2[C@H](C)OC)c2c3cc(ccc31)-c1cc3cc(c1)OC[C@@H]1[C@H](CCN1C(=O)C(C)(C)F)C(=O)N(C)[C@@H](C(C)C)C(=O)N[C@@H](C3)C(=O)N1CCC[C@H](N1)C(=O)OCC(C)(C)C2. The van der Waals surface area contributed by atoms with E-state index in [0.717, 1.165) is 76.5 Å². The van der Waals surface area contributed by atoms with Crippen molar-refractivity contribution in [1.29, 1.82) is 0 Å². The van der Waals surface area contributed by atoms with Crippen LogP contribution in [0.3, 0.4) is 0 Å². The Morgan fingerprint density at radius 2 is 1.66 bits per heavy atom. The molecule has 18 heteroatoms. The number of rotatable bonds is 8. The van der Waals surface area contributed by atoms with Gasteiger partial charge in [-0.3, -0.25) is 33.7 Å². The molecule has 6 aliphatic rings. The summed E-state index contributed by atoms with van der Waals surface area (Å²) in [5.74, 6) is -3.34. The Bertz CT molecular complexity index is 2910. The number of piperidine rings is 1. The smallest absolute Gasteiger partial charge is 0.324 e. The molecule has 6 atom stereocenters. The van der Waals surface area contributed by atoms with Crippen molar-refractivity contribution in [2.45, 2.75) is 168 Å². The van der Waals surface area contributed by atoms with E-state index >= 15 is 4.39 Å². The number of cyclic esters (lactones) is 1.